The number of benzene rings is 2. The molecule has 6 nitrogen and oxygen atoms in total. The minimum atomic E-state index is -0.853. The van der Waals surface area contributed by atoms with Crippen LogP contribution in [0.5, 0.6) is 5.75 Å². The number of nitrogens with one attached hydrogen (secondary N) is 1. The summed E-state index contributed by atoms with van der Waals surface area (Å²) in [6.45, 7) is 1.57. The molecule has 7 heteroatoms. The average molecular weight is 413 g/mol. The van der Waals surface area contributed by atoms with Crippen LogP contribution in [0.3, 0.4) is 0 Å². The van der Waals surface area contributed by atoms with Crippen molar-refractivity contribution in [1.82, 2.24) is 4.98 Å². The molecule has 0 spiro atoms. The van der Waals surface area contributed by atoms with Gasteiger partial charge in [0.2, 0.25) is 0 Å². The van der Waals surface area contributed by atoms with E-state index >= 15 is 0 Å². The Labute approximate surface area is 173 Å². The average Bonchev–Trinajstić information content (AvgIpc) is 3.14. The van der Waals surface area contributed by atoms with Crippen LogP contribution in [-0.4, -0.2) is 30.1 Å². The Morgan fingerprint density at radius 1 is 1.10 bits per heavy atom. The van der Waals surface area contributed by atoms with Gasteiger partial charge in [-0.1, -0.05) is 12.1 Å². The topological polar surface area (TPSA) is 77.5 Å². The Morgan fingerprint density at radius 2 is 1.86 bits per heavy atom. The molecular weight excluding hydrogens is 388 g/mol. The fraction of sp³-hybridized carbons (Fsp3) is 0.318. The molecule has 0 aliphatic carbocycles. The second kappa shape index (κ2) is 10.0. The van der Waals surface area contributed by atoms with E-state index in [2.05, 4.69) is 16.4 Å². The zero-order chi connectivity index (χ0) is 20.6. The van der Waals surface area contributed by atoms with Crippen LogP contribution >= 0.6 is 11.3 Å². The molecule has 0 unspecified atom stereocenters. The van der Waals surface area contributed by atoms with Crippen molar-refractivity contribution in [3.8, 4) is 5.75 Å². The number of carbonyl (C=O) groups is 2. The number of nitrogens with zero attached hydrogens (tertiary/aromatic N) is 1. The molecule has 0 aliphatic rings. The van der Waals surface area contributed by atoms with Crippen LogP contribution in [0.1, 0.15) is 31.2 Å². The minimum absolute atomic E-state index is 0.283. The molecule has 3 rings (SSSR count). The Kier molecular flexibility index (Phi) is 7.19. The van der Waals surface area contributed by atoms with E-state index in [0.717, 1.165) is 23.4 Å². The standard InChI is InChI=1S/C22H24N2O4S/c1-15(22(26)23-16-11-13-17(27-2)14-12-16)28-21(25)10-6-5-9-20-24-18-7-3-4-8-19(18)29-20/h3-4,7-8,11-15H,5-6,9-10H2,1-2H3,(H,23,26)/t15-/m0/s1. The third-order valence-corrected chi connectivity index (χ3v) is 5.49. The van der Waals surface area contributed by atoms with Gasteiger partial charge in [0.1, 0.15) is 5.75 Å². The third-order valence-electron chi connectivity index (χ3n) is 4.39. The first-order valence-corrected chi connectivity index (χ1v) is 10.4. The lowest BCUT2D eigenvalue weighted by Gasteiger charge is -2.13. The zero-order valence-corrected chi connectivity index (χ0v) is 17.3. The number of aromatic nitrogens is 1. The van der Waals surface area contributed by atoms with E-state index < -0.39 is 6.10 Å². The van der Waals surface area contributed by atoms with Crippen molar-refractivity contribution in [2.75, 3.05) is 12.4 Å². The molecule has 1 heterocycles. The van der Waals surface area contributed by atoms with Gasteiger partial charge in [-0.3, -0.25) is 9.59 Å². The van der Waals surface area contributed by atoms with Crippen molar-refractivity contribution in [3.63, 3.8) is 0 Å². The molecule has 0 fully saturated rings. The summed E-state index contributed by atoms with van der Waals surface area (Å²) in [7, 11) is 1.58. The fourth-order valence-electron chi connectivity index (χ4n) is 2.80. The maximum absolute atomic E-state index is 12.2. The number of aryl methyl sites for hydroxylation is 1. The highest BCUT2D eigenvalue weighted by atomic mass is 32.1. The highest BCUT2D eigenvalue weighted by molar-refractivity contribution is 7.18. The van der Waals surface area contributed by atoms with Gasteiger partial charge >= 0.3 is 5.97 Å². The number of thiazole rings is 1. The Balaban J connectivity index is 1.37. The van der Waals surface area contributed by atoms with Gasteiger partial charge in [-0.05, 0) is 62.6 Å². The first-order chi connectivity index (χ1) is 14.0. The van der Waals surface area contributed by atoms with Crippen molar-refractivity contribution in [2.24, 2.45) is 0 Å². The monoisotopic (exact) mass is 412 g/mol. The first kappa shape index (κ1) is 20.8. The van der Waals surface area contributed by atoms with E-state index in [9.17, 15) is 9.59 Å². The predicted molar refractivity (Wildman–Crippen MR) is 114 cm³/mol. The number of fused-ring (bicyclic) bond motifs is 1. The number of hydrogen-bond acceptors (Lipinski definition) is 6. The molecule has 0 saturated heterocycles. The summed E-state index contributed by atoms with van der Waals surface area (Å²) in [5, 5.41) is 3.80. The molecule has 1 N–H and O–H groups in total. The Hall–Kier alpha value is -2.93. The van der Waals surface area contributed by atoms with E-state index in [0.29, 0.717) is 17.9 Å². The normalized spacial score (nSPS) is 11.8. The van der Waals surface area contributed by atoms with Gasteiger partial charge in [-0.15, -0.1) is 11.3 Å². The maximum atomic E-state index is 12.2. The molecule has 1 amide bonds. The summed E-state index contributed by atoms with van der Waals surface area (Å²) in [5.74, 6) is -0.0296. The van der Waals surface area contributed by atoms with Crippen molar-refractivity contribution >= 4 is 39.1 Å². The molecule has 2 aromatic carbocycles. The van der Waals surface area contributed by atoms with Crippen LogP contribution in [0.15, 0.2) is 48.5 Å². The third kappa shape index (κ3) is 6.02. The molecule has 0 bridgehead atoms. The number of anilines is 1. The molecular formula is C22H24N2O4S. The summed E-state index contributed by atoms with van der Waals surface area (Å²) in [6.07, 6.45) is 1.81. The van der Waals surface area contributed by atoms with Crippen molar-refractivity contribution in [3.05, 3.63) is 53.5 Å². The van der Waals surface area contributed by atoms with E-state index in [-0.39, 0.29) is 18.3 Å². The van der Waals surface area contributed by atoms with E-state index in [1.165, 1.54) is 4.70 Å². The molecule has 1 atom stereocenters. The summed E-state index contributed by atoms with van der Waals surface area (Å²) in [4.78, 5) is 28.8. The van der Waals surface area contributed by atoms with Crippen molar-refractivity contribution in [1.29, 1.82) is 0 Å². The number of esters is 1. The van der Waals surface area contributed by atoms with Crippen LogP contribution in [0.4, 0.5) is 5.69 Å². The highest BCUT2D eigenvalue weighted by Crippen LogP contribution is 2.23. The molecule has 152 valence electrons. The van der Waals surface area contributed by atoms with Crippen LogP contribution in [0.2, 0.25) is 0 Å². The summed E-state index contributed by atoms with van der Waals surface area (Å²) in [5.41, 5.74) is 1.64. The lowest BCUT2D eigenvalue weighted by molar-refractivity contribution is -0.153. The Morgan fingerprint density at radius 3 is 2.59 bits per heavy atom. The van der Waals surface area contributed by atoms with Crippen molar-refractivity contribution in [2.45, 2.75) is 38.7 Å². The summed E-state index contributed by atoms with van der Waals surface area (Å²) in [6, 6.07) is 15.0. The number of amides is 1. The molecule has 0 radical (unpaired) electrons. The number of ether oxygens (including phenoxy) is 2. The maximum Gasteiger partial charge on any atom is 0.306 e. The molecule has 0 saturated carbocycles. The number of carbonyl (C=O) groups excluding carboxylic acids is 2. The number of hydrogen-bond donors (Lipinski definition) is 1. The molecule has 0 aliphatic heterocycles. The molecule has 1 aromatic heterocycles. The lowest BCUT2D eigenvalue weighted by Crippen LogP contribution is -2.29. The second-order valence-electron chi connectivity index (χ2n) is 6.63. The van der Waals surface area contributed by atoms with Crippen LogP contribution in [0, 0.1) is 0 Å². The lowest BCUT2D eigenvalue weighted by atomic mass is 10.2. The minimum Gasteiger partial charge on any atom is -0.497 e. The number of para-hydroxylation sites is 1. The SMILES string of the molecule is COc1ccc(NC(=O)[C@H](C)OC(=O)CCCCc2nc3ccccc3s2)cc1. The first-order valence-electron chi connectivity index (χ1n) is 9.54. The number of methoxy groups -OCH3 is 1. The van der Waals surface area contributed by atoms with E-state index in [4.69, 9.17) is 9.47 Å². The molecule has 29 heavy (non-hydrogen) atoms. The highest BCUT2D eigenvalue weighted by Gasteiger charge is 2.17. The Bertz CT molecular complexity index is 935. The van der Waals surface area contributed by atoms with Gasteiger partial charge in [0.25, 0.3) is 5.91 Å². The number of unbranched alkanes of at least 4 members (excludes halogenated alkanes) is 1. The van der Waals surface area contributed by atoms with Gasteiger partial charge in [-0.25, -0.2) is 4.98 Å². The largest absolute Gasteiger partial charge is 0.497 e. The van der Waals surface area contributed by atoms with E-state index in [1.54, 1.807) is 49.6 Å². The second-order valence-corrected chi connectivity index (χ2v) is 7.75. The summed E-state index contributed by atoms with van der Waals surface area (Å²) < 4.78 is 11.5. The van der Waals surface area contributed by atoms with E-state index in [1.807, 2.05) is 18.2 Å². The van der Waals surface area contributed by atoms with Gasteiger partial charge in [0.15, 0.2) is 6.10 Å². The van der Waals surface area contributed by atoms with Crippen molar-refractivity contribution < 1.29 is 19.1 Å². The smallest absolute Gasteiger partial charge is 0.306 e. The van der Waals surface area contributed by atoms with Crippen LogP contribution in [-0.2, 0) is 20.7 Å². The van der Waals surface area contributed by atoms with Gasteiger partial charge in [0, 0.05) is 12.1 Å². The fourth-order valence-corrected chi connectivity index (χ4v) is 3.81. The molecule has 3 aromatic rings. The quantitative estimate of drug-likeness (QED) is 0.411. The van der Waals surface area contributed by atoms with Gasteiger partial charge < -0.3 is 14.8 Å². The zero-order valence-electron chi connectivity index (χ0n) is 16.5. The van der Waals surface area contributed by atoms with Gasteiger partial charge in [0.05, 0.1) is 22.3 Å². The predicted octanol–water partition coefficient (Wildman–Crippen LogP) is 4.59. The van der Waals surface area contributed by atoms with Crippen LogP contribution in [0.25, 0.3) is 10.2 Å². The number of rotatable bonds is 9. The van der Waals surface area contributed by atoms with Gasteiger partial charge in [-0.2, -0.15) is 0 Å². The summed E-state index contributed by atoms with van der Waals surface area (Å²) >= 11 is 1.69. The van der Waals surface area contributed by atoms with Crippen LogP contribution < -0.4 is 10.1 Å².